The molecule has 1 aromatic carbocycles. The molecule has 0 heterocycles. The van der Waals surface area contributed by atoms with Gasteiger partial charge < -0.3 is 20.8 Å². The number of carbonyl (C=O) groups excluding carboxylic acids is 1. The van der Waals surface area contributed by atoms with Gasteiger partial charge in [0.1, 0.15) is 0 Å². The second-order valence-corrected chi connectivity index (χ2v) is 4.89. The molecule has 4 N–H and O–H groups in total. The van der Waals surface area contributed by atoms with Crippen molar-refractivity contribution in [3.05, 3.63) is 27.7 Å². The van der Waals surface area contributed by atoms with Crippen molar-refractivity contribution in [3.8, 4) is 0 Å². The molecular weight excluding hydrogens is 316 g/mol. The first kappa shape index (κ1) is 15.5. The molecule has 0 unspecified atom stereocenters. The minimum Gasteiger partial charge on any atom is -0.480 e. The number of hydrogen-bond acceptors (Lipinski definition) is 3. The second-order valence-electron chi connectivity index (χ2n) is 4.10. The number of aliphatic hydroxyl groups is 1. The molecule has 7 heteroatoms. The van der Waals surface area contributed by atoms with Crippen LogP contribution < -0.4 is 10.6 Å². The number of nitrogens with one attached hydrogen (secondary N) is 2. The Labute approximate surface area is 118 Å². The summed E-state index contributed by atoms with van der Waals surface area (Å²) in [5, 5.41) is 22.2. The van der Waals surface area contributed by atoms with Crippen LogP contribution in [0.3, 0.4) is 0 Å². The summed E-state index contributed by atoms with van der Waals surface area (Å²) in [6, 6.07) is 1.51. The Hall–Kier alpha value is -1.60. The van der Waals surface area contributed by atoms with E-state index in [1.54, 1.807) is 12.1 Å². The van der Waals surface area contributed by atoms with Gasteiger partial charge in [-0.15, -0.1) is 0 Å². The molecule has 0 bridgehead atoms. The number of halogens is 1. The number of aliphatic carboxylic acids is 1. The van der Waals surface area contributed by atoms with Crippen molar-refractivity contribution >= 4 is 33.6 Å². The van der Waals surface area contributed by atoms with Crippen molar-refractivity contribution < 1.29 is 19.8 Å². The predicted molar refractivity (Wildman–Crippen MR) is 74.3 cm³/mol. The molecule has 2 amide bonds. The van der Waals surface area contributed by atoms with Crippen LogP contribution in [0.25, 0.3) is 0 Å². The van der Waals surface area contributed by atoms with E-state index in [0.29, 0.717) is 5.69 Å². The van der Waals surface area contributed by atoms with Crippen LogP contribution in [-0.2, 0) is 4.79 Å². The molecule has 1 rings (SSSR count). The summed E-state index contributed by atoms with van der Waals surface area (Å²) in [6.07, 6.45) is 0. The summed E-state index contributed by atoms with van der Waals surface area (Å²) >= 11 is 3.41. The Morgan fingerprint density at radius 1 is 1.32 bits per heavy atom. The van der Waals surface area contributed by atoms with Crippen LogP contribution in [0.1, 0.15) is 11.1 Å². The van der Waals surface area contributed by atoms with Crippen molar-refractivity contribution in [1.29, 1.82) is 0 Å². The van der Waals surface area contributed by atoms with Gasteiger partial charge in [-0.3, -0.25) is 0 Å². The van der Waals surface area contributed by atoms with E-state index >= 15 is 0 Å². The van der Waals surface area contributed by atoms with E-state index in [2.05, 4.69) is 26.6 Å². The molecule has 104 valence electrons. The van der Waals surface area contributed by atoms with Gasteiger partial charge in [0.05, 0.1) is 6.61 Å². The Morgan fingerprint density at radius 2 is 1.84 bits per heavy atom. The fourth-order valence-electron chi connectivity index (χ4n) is 1.53. The molecule has 0 saturated carbocycles. The van der Waals surface area contributed by atoms with Crippen LogP contribution in [-0.4, -0.2) is 34.9 Å². The van der Waals surface area contributed by atoms with Gasteiger partial charge in [-0.2, -0.15) is 0 Å². The maximum Gasteiger partial charge on any atom is 0.328 e. The minimum absolute atomic E-state index is 0.553. The van der Waals surface area contributed by atoms with E-state index in [1.807, 2.05) is 13.8 Å². The molecule has 19 heavy (non-hydrogen) atoms. The summed E-state index contributed by atoms with van der Waals surface area (Å²) in [7, 11) is 0. The highest BCUT2D eigenvalue weighted by atomic mass is 79.9. The molecule has 0 saturated heterocycles. The van der Waals surface area contributed by atoms with E-state index in [4.69, 9.17) is 10.2 Å². The third-order valence-corrected chi connectivity index (χ3v) is 3.73. The van der Waals surface area contributed by atoms with E-state index in [1.165, 1.54) is 0 Å². The maximum absolute atomic E-state index is 11.6. The van der Waals surface area contributed by atoms with E-state index in [9.17, 15) is 9.59 Å². The lowest BCUT2D eigenvalue weighted by atomic mass is 10.1. The number of rotatable bonds is 4. The summed E-state index contributed by atoms with van der Waals surface area (Å²) in [5.74, 6) is -1.29. The SMILES string of the molecule is Cc1cc(NC(=O)N[C@H](CO)C(=O)O)cc(C)c1Br. The molecule has 0 spiro atoms. The van der Waals surface area contributed by atoms with Gasteiger partial charge in [0.15, 0.2) is 6.04 Å². The van der Waals surface area contributed by atoms with Gasteiger partial charge in [-0.1, -0.05) is 15.9 Å². The summed E-state index contributed by atoms with van der Waals surface area (Å²) in [6.45, 7) is 3.10. The number of hydrogen-bond donors (Lipinski definition) is 4. The number of amides is 2. The number of aliphatic hydroxyl groups excluding tert-OH is 1. The van der Waals surface area contributed by atoms with Gasteiger partial charge >= 0.3 is 12.0 Å². The van der Waals surface area contributed by atoms with Gasteiger partial charge in [-0.25, -0.2) is 9.59 Å². The van der Waals surface area contributed by atoms with E-state index in [0.717, 1.165) is 15.6 Å². The van der Waals surface area contributed by atoms with Crippen LogP contribution in [0.2, 0.25) is 0 Å². The number of aryl methyl sites for hydroxylation is 2. The molecular formula is C12H15BrN2O4. The van der Waals surface area contributed by atoms with Crippen molar-refractivity contribution in [3.63, 3.8) is 0 Å². The Bertz CT molecular complexity index is 481. The van der Waals surface area contributed by atoms with Crippen LogP contribution >= 0.6 is 15.9 Å². The molecule has 0 aliphatic heterocycles. The Kier molecular flexibility index (Phi) is 5.31. The van der Waals surface area contributed by atoms with Crippen LogP contribution in [0, 0.1) is 13.8 Å². The first-order chi connectivity index (χ1) is 8.85. The lowest BCUT2D eigenvalue weighted by molar-refractivity contribution is -0.140. The van der Waals surface area contributed by atoms with Crippen LogP contribution in [0.15, 0.2) is 16.6 Å². The summed E-state index contributed by atoms with van der Waals surface area (Å²) < 4.78 is 0.956. The molecule has 1 atom stereocenters. The monoisotopic (exact) mass is 330 g/mol. The smallest absolute Gasteiger partial charge is 0.328 e. The molecule has 1 aromatic rings. The second kappa shape index (κ2) is 6.53. The summed E-state index contributed by atoms with van der Waals surface area (Å²) in [5.41, 5.74) is 2.46. The minimum atomic E-state index is -1.32. The molecule has 0 aliphatic rings. The standard InChI is InChI=1S/C12H15BrN2O4/c1-6-3-8(4-7(2)10(6)13)14-12(19)15-9(5-16)11(17)18/h3-4,9,16H,5H2,1-2H3,(H,17,18)(H2,14,15,19)/t9-/m1/s1. The molecule has 0 aliphatic carbocycles. The third kappa shape index (κ3) is 4.22. The summed E-state index contributed by atoms with van der Waals surface area (Å²) in [4.78, 5) is 22.2. The normalized spacial score (nSPS) is 11.8. The Morgan fingerprint density at radius 3 is 2.26 bits per heavy atom. The third-order valence-electron chi connectivity index (χ3n) is 2.48. The number of carbonyl (C=O) groups is 2. The lowest BCUT2D eigenvalue weighted by Crippen LogP contribution is -2.45. The molecule has 6 nitrogen and oxygen atoms in total. The number of urea groups is 1. The Balaban J connectivity index is 2.75. The lowest BCUT2D eigenvalue weighted by Gasteiger charge is -2.14. The van der Waals surface area contributed by atoms with E-state index < -0.39 is 24.6 Å². The van der Waals surface area contributed by atoms with E-state index in [-0.39, 0.29) is 0 Å². The van der Waals surface area contributed by atoms with Gasteiger partial charge in [-0.05, 0) is 37.1 Å². The molecule has 0 fully saturated rings. The quantitative estimate of drug-likeness (QED) is 0.674. The zero-order valence-electron chi connectivity index (χ0n) is 10.5. The van der Waals surface area contributed by atoms with Crippen molar-refractivity contribution in [2.75, 3.05) is 11.9 Å². The largest absolute Gasteiger partial charge is 0.480 e. The highest BCUT2D eigenvalue weighted by Gasteiger charge is 2.18. The molecule has 0 aromatic heterocycles. The topological polar surface area (TPSA) is 98.7 Å². The van der Waals surface area contributed by atoms with Crippen molar-refractivity contribution in [1.82, 2.24) is 5.32 Å². The predicted octanol–water partition coefficient (Wildman–Crippen LogP) is 1.63. The first-order valence-corrected chi connectivity index (χ1v) is 6.32. The average molecular weight is 331 g/mol. The first-order valence-electron chi connectivity index (χ1n) is 5.53. The fraction of sp³-hybridized carbons (Fsp3) is 0.333. The average Bonchev–Trinajstić information content (AvgIpc) is 2.32. The number of carboxylic acids is 1. The van der Waals surface area contributed by atoms with Gasteiger partial charge in [0.25, 0.3) is 0 Å². The fourth-order valence-corrected chi connectivity index (χ4v) is 1.76. The van der Waals surface area contributed by atoms with Gasteiger partial charge in [0.2, 0.25) is 0 Å². The van der Waals surface area contributed by atoms with Crippen LogP contribution in [0.5, 0.6) is 0 Å². The zero-order chi connectivity index (χ0) is 14.6. The van der Waals surface area contributed by atoms with Gasteiger partial charge in [0, 0.05) is 10.2 Å². The number of anilines is 1. The van der Waals surface area contributed by atoms with Crippen molar-refractivity contribution in [2.24, 2.45) is 0 Å². The van der Waals surface area contributed by atoms with Crippen molar-refractivity contribution in [2.45, 2.75) is 19.9 Å². The highest BCUT2D eigenvalue weighted by molar-refractivity contribution is 9.10. The highest BCUT2D eigenvalue weighted by Crippen LogP contribution is 2.24. The zero-order valence-corrected chi connectivity index (χ0v) is 12.1. The number of carboxylic acid groups (broad SMARTS) is 1. The molecule has 0 radical (unpaired) electrons. The number of benzene rings is 1. The van der Waals surface area contributed by atoms with Crippen LogP contribution in [0.4, 0.5) is 10.5 Å². The maximum atomic E-state index is 11.6.